The standard InChI is InChI=1S/C19H24N2O3.ClH/c1-23-17-10-8-15(9-11-17)14-24-13-5-12-21-19(22)18(20)16-6-3-2-4-7-16;/h2-4,6-11,18H,5,12-14,20H2,1H3,(H,21,22);1H. The monoisotopic (exact) mass is 364 g/mol. The van der Waals surface area contributed by atoms with Crippen LogP contribution in [0.5, 0.6) is 5.75 Å². The number of carbonyl (C=O) groups is 1. The van der Waals surface area contributed by atoms with Crippen molar-refractivity contribution in [1.29, 1.82) is 0 Å². The van der Waals surface area contributed by atoms with Gasteiger partial charge in [0.05, 0.1) is 13.7 Å². The molecule has 0 aliphatic carbocycles. The Morgan fingerprint density at radius 3 is 2.44 bits per heavy atom. The summed E-state index contributed by atoms with van der Waals surface area (Å²) >= 11 is 0. The second-order valence-corrected chi connectivity index (χ2v) is 5.43. The Balaban J connectivity index is 0.00000312. The summed E-state index contributed by atoms with van der Waals surface area (Å²) in [6.45, 7) is 1.66. The molecule has 0 spiro atoms. The molecule has 2 aromatic rings. The topological polar surface area (TPSA) is 73.6 Å². The molecule has 2 rings (SSSR count). The Labute approximate surface area is 154 Å². The predicted molar refractivity (Wildman–Crippen MR) is 101 cm³/mol. The van der Waals surface area contributed by atoms with E-state index in [0.717, 1.165) is 23.3 Å². The molecule has 6 heteroatoms. The van der Waals surface area contributed by atoms with Gasteiger partial charge in [0, 0.05) is 13.2 Å². The van der Waals surface area contributed by atoms with Crippen LogP contribution in [0.4, 0.5) is 0 Å². The van der Waals surface area contributed by atoms with Crippen LogP contribution in [0.2, 0.25) is 0 Å². The van der Waals surface area contributed by atoms with Crippen molar-refractivity contribution in [2.75, 3.05) is 20.3 Å². The van der Waals surface area contributed by atoms with Gasteiger partial charge in [0.25, 0.3) is 0 Å². The summed E-state index contributed by atoms with van der Waals surface area (Å²) in [5.41, 5.74) is 7.83. The highest BCUT2D eigenvalue weighted by atomic mass is 35.5. The second kappa shape index (κ2) is 11.5. The number of methoxy groups -OCH3 is 1. The average molecular weight is 365 g/mol. The number of amides is 1. The number of nitrogens with two attached hydrogens (primary N) is 1. The normalized spacial score (nSPS) is 11.3. The van der Waals surface area contributed by atoms with Crippen molar-refractivity contribution in [3.05, 3.63) is 65.7 Å². The number of ether oxygens (including phenoxy) is 2. The SMILES string of the molecule is COc1ccc(COCCCNC(=O)C(N)c2ccccc2)cc1.Cl. The summed E-state index contributed by atoms with van der Waals surface area (Å²) in [6, 6.07) is 16.5. The zero-order valence-corrected chi connectivity index (χ0v) is 15.1. The lowest BCUT2D eigenvalue weighted by molar-refractivity contribution is -0.122. The molecule has 136 valence electrons. The van der Waals surface area contributed by atoms with Crippen molar-refractivity contribution in [3.8, 4) is 5.75 Å². The molecule has 1 amide bonds. The number of rotatable bonds is 9. The van der Waals surface area contributed by atoms with Crippen LogP contribution >= 0.6 is 12.4 Å². The summed E-state index contributed by atoms with van der Waals surface area (Å²) in [6.07, 6.45) is 0.739. The van der Waals surface area contributed by atoms with E-state index in [9.17, 15) is 4.79 Å². The van der Waals surface area contributed by atoms with E-state index in [0.29, 0.717) is 19.8 Å². The van der Waals surface area contributed by atoms with Crippen molar-refractivity contribution in [2.24, 2.45) is 5.73 Å². The van der Waals surface area contributed by atoms with E-state index in [1.807, 2.05) is 54.6 Å². The second-order valence-electron chi connectivity index (χ2n) is 5.43. The molecule has 0 heterocycles. The van der Waals surface area contributed by atoms with Crippen molar-refractivity contribution in [1.82, 2.24) is 5.32 Å². The van der Waals surface area contributed by atoms with Gasteiger partial charge in [-0.25, -0.2) is 0 Å². The van der Waals surface area contributed by atoms with Crippen LogP contribution in [0, 0.1) is 0 Å². The summed E-state index contributed by atoms with van der Waals surface area (Å²) < 4.78 is 10.7. The number of carbonyl (C=O) groups excluding carboxylic acids is 1. The number of hydrogen-bond donors (Lipinski definition) is 2. The lowest BCUT2D eigenvalue weighted by atomic mass is 10.1. The number of hydrogen-bond acceptors (Lipinski definition) is 4. The Kier molecular flexibility index (Phi) is 9.62. The molecule has 0 radical (unpaired) electrons. The van der Waals surface area contributed by atoms with Crippen LogP contribution in [-0.2, 0) is 16.1 Å². The molecular weight excluding hydrogens is 340 g/mol. The maximum absolute atomic E-state index is 12.0. The first kappa shape index (κ1) is 21.0. The van der Waals surface area contributed by atoms with Crippen LogP contribution in [0.1, 0.15) is 23.6 Å². The largest absolute Gasteiger partial charge is 0.497 e. The van der Waals surface area contributed by atoms with Gasteiger partial charge in [-0.2, -0.15) is 0 Å². The Bertz CT molecular complexity index is 620. The third kappa shape index (κ3) is 7.13. The van der Waals surface area contributed by atoms with Gasteiger partial charge < -0.3 is 20.5 Å². The van der Waals surface area contributed by atoms with Crippen LogP contribution < -0.4 is 15.8 Å². The molecular formula is C19H25ClN2O3. The molecule has 0 saturated carbocycles. The fourth-order valence-corrected chi connectivity index (χ4v) is 2.22. The first-order valence-corrected chi connectivity index (χ1v) is 7.99. The van der Waals surface area contributed by atoms with Gasteiger partial charge in [0.2, 0.25) is 5.91 Å². The molecule has 2 aromatic carbocycles. The highest BCUT2D eigenvalue weighted by Gasteiger charge is 2.14. The Morgan fingerprint density at radius 1 is 1.12 bits per heavy atom. The molecule has 1 unspecified atom stereocenters. The van der Waals surface area contributed by atoms with E-state index in [1.165, 1.54) is 0 Å². The molecule has 3 N–H and O–H groups in total. The van der Waals surface area contributed by atoms with Crippen molar-refractivity contribution in [3.63, 3.8) is 0 Å². The zero-order valence-electron chi connectivity index (χ0n) is 14.3. The number of nitrogens with one attached hydrogen (secondary N) is 1. The quantitative estimate of drug-likeness (QED) is 0.671. The van der Waals surface area contributed by atoms with Gasteiger partial charge >= 0.3 is 0 Å². The van der Waals surface area contributed by atoms with E-state index < -0.39 is 6.04 Å². The van der Waals surface area contributed by atoms with Gasteiger partial charge in [-0.3, -0.25) is 4.79 Å². The molecule has 0 saturated heterocycles. The lowest BCUT2D eigenvalue weighted by Gasteiger charge is -2.12. The molecule has 1 atom stereocenters. The smallest absolute Gasteiger partial charge is 0.241 e. The number of halogens is 1. The summed E-state index contributed by atoms with van der Waals surface area (Å²) in [5.74, 6) is 0.660. The van der Waals surface area contributed by atoms with E-state index in [-0.39, 0.29) is 18.3 Å². The minimum absolute atomic E-state index is 0. The fraction of sp³-hybridized carbons (Fsp3) is 0.316. The maximum atomic E-state index is 12.0. The van der Waals surface area contributed by atoms with Gasteiger partial charge in [-0.1, -0.05) is 42.5 Å². The maximum Gasteiger partial charge on any atom is 0.241 e. The van der Waals surface area contributed by atoms with Gasteiger partial charge in [0.1, 0.15) is 11.8 Å². The third-order valence-corrected chi connectivity index (χ3v) is 3.63. The van der Waals surface area contributed by atoms with Crippen molar-refractivity contribution in [2.45, 2.75) is 19.1 Å². The molecule has 0 aliphatic rings. The Hall–Kier alpha value is -2.08. The van der Waals surface area contributed by atoms with Gasteiger partial charge in [-0.15, -0.1) is 12.4 Å². The first-order valence-electron chi connectivity index (χ1n) is 7.99. The van der Waals surface area contributed by atoms with Crippen LogP contribution in [0.3, 0.4) is 0 Å². The number of benzene rings is 2. The average Bonchev–Trinajstić information content (AvgIpc) is 2.65. The molecule has 0 bridgehead atoms. The van der Waals surface area contributed by atoms with E-state index in [2.05, 4.69) is 5.32 Å². The van der Waals surface area contributed by atoms with Crippen molar-refractivity contribution >= 4 is 18.3 Å². The summed E-state index contributed by atoms with van der Waals surface area (Å²) in [4.78, 5) is 12.0. The zero-order chi connectivity index (χ0) is 17.2. The van der Waals surface area contributed by atoms with Gasteiger partial charge in [-0.05, 0) is 29.7 Å². The molecule has 5 nitrogen and oxygen atoms in total. The van der Waals surface area contributed by atoms with Gasteiger partial charge in [0.15, 0.2) is 0 Å². The highest BCUT2D eigenvalue weighted by molar-refractivity contribution is 5.85. The van der Waals surface area contributed by atoms with E-state index >= 15 is 0 Å². The lowest BCUT2D eigenvalue weighted by Crippen LogP contribution is -2.34. The molecule has 0 fully saturated rings. The van der Waals surface area contributed by atoms with Crippen LogP contribution in [-0.4, -0.2) is 26.2 Å². The summed E-state index contributed by atoms with van der Waals surface area (Å²) in [5, 5.41) is 2.83. The molecule has 0 aliphatic heterocycles. The highest BCUT2D eigenvalue weighted by Crippen LogP contribution is 2.12. The minimum atomic E-state index is -0.633. The van der Waals surface area contributed by atoms with Crippen molar-refractivity contribution < 1.29 is 14.3 Å². The fourth-order valence-electron chi connectivity index (χ4n) is 2.22. The minimum Gasteiger partial charge on any atom is -0.497 e. The molecule has 25 heavy (non-hydrogen) atoms. The van der Waals surface area contributed by atoms with E-state index in [1.54, 1.807) is 7.11 Å². The van der Waals surface area contributed by atoms with E-state index in [4.69, 9.17) is 15.2 Å². The van der Waals surface area contributed by atoms with Crippen LogP contribution in [0.15, 0.2) is 54.6 Å². The molecule has 0 aromatic heterocycles. The third-order valence-electron chi connectivity index (χ3n) is 3.63. The summed E-state index contributed by atoms with van der Waals surface area (Å²) in [7, 11) is 1.64. The Morgan fingerprint density at radius 2 is 1.80 bits per heavy atom. The van der Waals surface area contributed by atoms with Crippen LogP contribution in [0.25, 0.3) is 0 Å². The predicted octanol–water partition coefficient (Wildman–Crippen LogP) is 2.84. The first-order chi connectivity index (χ1) is 11.7.